The lowest BCUT2D eigenvalue weighted by molar-refractivity contribution is -0.159. The Kier molecular flexibility index (Phi) is 21.9. The Morgan fingerprint density at radius 3 is 1.94 bits per heavy atom. The molecule has 2 heterocycles. The zero-order chi connectivity index (χ0) is 57.0. The standard InChI is InChI=1S/C62H90N6O10/c1-14-41(6)55(51(75-12)37-52(69)68-33-22-30-50(68)56(76-13)42(7)57(70)63-49(60(73)78-62(8,9)10)36-43-24-16-15-17-25-43)65(11)59(72)53(39(2)3)64-58(71)54(40(4)5)66-31-23-32-67(35-34-66)61(74)77-38-48-46-28-20-18-26-44(46)45-27-19-21-29-47(45)48/h15-21,24-29,39-42,48-51,53-56H,14,22-23,30-38H2,1-13H3,(H,63,70)(H,64,71)/t41-,42+,49-,50-,51?,53-,54-,55-,56+/m0/s1. The molecule has 16 nitrogen and oxygen atoms in total. The van der Waals surface area contributed by atoms with E-state index in [-0.39, 0.29) is 66.9 Å². The molecule has 6 rings (SSSR count). The molecule has 0 aromatic heterocycles. The minimum atomic E-state index is -0.947. The highest BCUT2D eigenvalue weighted by molar-refractivity contribution is 5.90. The number of carbonyl (C=O) groups is 6. The van der Waals surface area contributed by atoms with Crippen molar-refractivity contribution in [3.05, 3.63) is 95.6 Å². The molecule has 16 heteroatoms. The Morgan fingerprint density at radius 2 is 1.36 bits per heavy atom. The fourth-order valence-corrected chi connectivity index (χ4v) is 12.0. The molecule has 2 saturated heterocycles. The van der Waals surface area contributed by atoms with E-state index in [0.29, 0.717) is 58.4 Å². The third-order valence-electron chi connectivity index (χ3n) is 16.2. The number of carbonyl (C=O) groups excluding carboxylic acids is 6. The zero-order valence-electron chi connectivity index (χ0n) is 48.8. The molecule has 3 aromatic carbocycles. The maximum absolute atomic E-state index is 14.9. The molecule has 78 heavy (non-hydrogen) atoms. The number of likely N-dealkylation sites (tertiary alicyclic amines) is 1. The molecule has 2 fully saturated rings. The molecule has 428 valence electrons. The van der Waals surface area contributed by atoms with Crippen LogP contribution in [0.2, 0.25) is 0 Å². The molecule has 2 aliphatic heterocycles. The van der Waals surface area contributed by atoms with Gasteiger partial charge in [-0.2, -0.15) is 0 Å². The molecular formula is C62H90N6O10. The van der Waals surface area contributed by atoms with Crippen molar-refractivity contribution >= 4 is 35.7 Å². The SMILES string of the molecule is CC[C@H](C)[C@@H](C(CC(=O)N1CCC[C@H]1[C@H](OC)[C@@H](C)C(=O)N[C@@H](Cc1ccccc1)C(=O)OC(C)(C)C)OC)N(C)C(=O)[C@@H](NC(=O)[C@H](C(C)C)N1CCCN(C(=O)OCC2c3ccccc3-c3ccccc32)CC1)C(C)C. The second-order valence-electron chi connectivity index (χ2n) is 23.5. The predicted octanol–water partition coefficient (Wildman–Crippen LogP) is 8.10. The molecular weight excluding hydrogens is 989 g/mol. The number of ether oxygens (including phenoxy) is 4. The van der Waals surface area contributed by atoms with Gasteiger partial charge in [-0.1, -0.05) is 134 Å². The van der Waals surface area contributed by atoms with Gasteiger partial charge in [0.05, 0.1) is 42.7 Å². The summed E-state index contributed by atoms with van der Waals surface area (Å²) in [6.45, 7) is 21.6. The Bertz CT molecular complexity index is 2450. The van der Waals surface area contributed by atoms with Gasteiger partial charge in [-0.15, -0.1) is 0 Å². The second kappa shape index (κ2) is 27.8. The van der Waals surface area contributed by atoms with E-state index >= 15 is 0 Å². The molecule has 2 N–H and O–H groups in total. The lowest BCUT2D eigenvalue weighted by atomic mass is 9.89. The van der Waals surface area contributed by atoms with Crippen molar-refractivity contribution in [1.29, 1.82) is 0 Å². The van der Waals surface area contributed by atoms with E-state index in [1.54, 1.807) is 56.6 Å². The summed E-state index contributed by atoms with van der Waals surface area (Å²) in [7, 11) is 4.82. The van der Waals surface area contributed by atoms with Gasteiger partial charge in [-0.05, 0) is 85.6 Å². The number of nitrogens with zero attached hydrogens (tertiary/aromatic N) is 4. The highest BCUT2D eigenvalue weighted by atomic mass is 16.6. The summed E-state index contributed by atoms with van der Waals surface area (Å²) in [6.07, 6.45) is 1.07. The van der Waals surface area contributed by atoms with Gasteiger partial charge in [-0.3, -0.25) is 24.1 Å². The second-order valence-corrected chi connectivity index (χ2v) is 23.5. The number of amides is 5. The van der Waals surface area contributed by atoms with Crippen molar-refractivity contribution < 1.29 is 47.7 Å². The van der Waals surface area contributed by atoms with Gasteiger partial charge < -0.3 is 44.3 Å². The average molecular weight is 1080 g/mol. The van der Waals surface area contributed by atoms with Crippen LogP contribution in [0.1, 0.15) is 124 Å². The lowest BCUT2D eigenvalue weighted by Crippen LogP contribution is -2.60. The number of hydrogen-bond acceptors (Lipinski definition) is 11. The summed E-state index contributed by atoms with van der Waals surface area (Å²) in [5.74, 6) is -2.94. The Morgan fingerprint density at radius 1 is 0.731 bits per heavy atom. The number of nitrogens with one attached hydrogen (secondary N) is 2. The van der Waals surface area contributed by atoms with Crippen LogP contribution in [0.5, 0.6) is 0 Å². The normalized spacial score (nSPS) is 19.1. The number of rotatable bonds is 23. The van der Waals surface area contributed by atoms with Gasteiger partial charge in [0.1, 0.15) is 24.3 Å². The zero-order valence-corrected chi connectivity index (χ0v) is 48.8. The largest absolute Gasteiger partial charge is 0.458 e. The Balaban J connectivity index is 1.09. The fourth-order valence-electron chi connectivity index (χ4n) is 12.0. The Hall–Kier alpha value is -5.84. The van der Waals surface area contributed by atoms with Crippen molar-refractivity contribution in [1.82, 2.24) is 30.2 Å². The Labute approximate surface area is 464 Å². The van der Waals surface area contributed by atoms with Gasteiger partial charge in [-0.25, -0.2) is 9.59 Å². The molecule has 3 aromatic rings. The highest BCUT2D eigenvalue weighted by Crippen LogP contribution is 2.44. The first-order valence-corrected chi connectivity index (χ1v) is 28.4. The smallest absolute Gasteiger partial charge is 0.409 e. The van der Waals surface area contributed by atoms with Crippen molar-refractivity contribution in [3.63, 3.8) is 0 Å². The van der Waals surface area contributed by atoms with Crippen molar-refractivity contribution in [2.45, 2.75) is 162 Å². The first-order chi connectivity index (χ1) is 37.1. The first kappa shape index (κ1) is 61.4. The lowest BCUT2D eigenvalue weighted by Gasteiger charge is -2.41. The third-order valence-corrected chi connectivity index (χ3v) is 16.2. The van der Waals surface area contributed by atoms with Gasteiger partial charge in [0.2, 0.25) is 23.6 Å². The third kappa shape index (κ3) is 15.1. The summed E-state index contributed by atoms with van der Waals surface area (Å²) < 4.78 is 24.0. The van der Waals surface area contributed by atoms with Crippen molar-refractivity contribution in [2.75, 3.05) is 60.6 Å². The van der Waals surface area contributed by atoms with Gasteiger partial charge >= 0.3 is 12.1 Å². The molecule has 0 spiro atoms. The van der Waals surface area contributed by atoms with E-state index in [9.17, 15) is 28.8 Å². The van der Waals surface area contributed by atoms with E-state index in [4.69, 9.17) is 18.9 Å². The average Bonchev–Trinajstić information content (AvgIpc) is 4.04. The van der Waals surface area contributed by atoms with Crippen LogP contribution in [0.3, 0.4) is 0 Å². The summed E-state index contributed by atoms with van der Waals surface area (Å²) in [5.41, 5.74) is 4.74. The number of benzene rings is 3. The van der Waals surface area contributed by atoms with E-state index < -0.39 is 65.8 Å². The van der Waals surface area contributed by atoms with Crippen LogP contribution < -0.4 is 10.6 Å². The predicted molar refractivity (Wildman–Crippen MR) is 302 cm³/mol. The first-order valence-electron chi connectivity index (χ1n) is 28.4. The number of hydrogen-bond donors (Lipinski definition) is 2. The number of methoxy groups -OCH3 is 2. The molecule has 1 unspecified atom stereocenters. The summed E-state index contributed by atoms with van der Waals surface area (Å²) in [5, 5.41) is 6.12. The molecule has 0 radical (unpaired) electrons. The summed E-state index contributed by atoms with van der Waals surface area (Å²) in [6, 6.07) is 22.6. The highest BCUT2D eigenvalue weighted by Gasteiger charge is 2.44. The molecule has 9 atom stereocenters. The van der Waals surface area contributed by atoms with Crippen LogP contribution in [-0.4, -0.2) is 164 Å². The number of likely N-dealkylation sites (N-methyl/N-ethyl adjacent to an activating group) is 1. The van der Waals surface area contributed by atoms with Crippen LogP contribution in [-0.2, 0) is 49.3 Å². The molecule has 3 aliphatic rings. The molecule has 1 aliphatic carbocycles. The summed E-state index contributed by atoms with van der Waals surface area (Å²) >= 11 is 0. The summed E-state index contributed by atoms with van der Waals surface area (Å²) in [4.78, 5) is 92.6. The maximum atomic E-state index is 14.9. The van der Waals surface area contributed by atoms with Crippen molar-refractivity contribution in [3.8, 4) is 11.1 Å². The minimum Gasteiger partial charge on any atom is -0.458 e. The molecule has 0 bridgehead atoms. The van der Waals surface area contributed by atoms with Crippen LogP contribution in [0.25, 0.3) is 11.1 Å². The van der Waals surface area contributed by atoms with E-state index in [2.05, 4.69) is 39.8 Å². The van der Waals surface area contributed by atoms with Gasteiger partial charge in [0.15, 0.2) is 0 Å². The van der Waals surface area contributed by atoms with Crippen LogP contribution in [0, 0.1) is 23.7 Å². The topological polar surface area (TPSA) is 176 Å². The quantitative estimate of drug-likeness (QED) is 0.0878. The van der Waals surface area contributed by atoms with Crippen LogP contribution >= 0.6 is 0 Å². The van der Waals surface area contributed by atoms with E-state index in [1.165, 1.54) is 18.2 Å². The number of esters is 1. The van der Waals surface area contributed by atoms with Crippen LogP contribution in [0.15, 0.2) is 78.9 Å². The van der Waals surface area contributed by atoms with Gasteiger partial charge in [0, 0.05) is 66.3 Å². The fraction of sp³-hybridized carbons (Fsp3) is 0.613. The van der Waals surface area contributed by atoms with Gasteiger partial charge in [0.25, 0.3) is 0 Å². The van der Waals surface area contributed by atoms with E-state index in [0.717, 1.165) is 16.7 Å². The van der Waals surface area contributed by atoms with E-state index in [1.807, 2.05) is 96.1 Å². The minimum absolute atomic E-state index is 0.0371. The van der Waals surface area contributed by atoms with Crippen molar-refractivity contribution in [2.24, 2.45) is 23.7 Å². The van der Waals surface area contributed by atoms with Crippen LogP contribution in [0.4, 0.5) is 4.79 Å². The monoisotopic (exact) mass is 1080 g/mol. The number of fused-ring (bicyclic) bond motifs is 3. The maximum Gasteiger partial charge on any atom is 0.409 e. The molecule has 5 amide bonds. The molecule has 0 saturated carbocycles.